The first-order valence-corrected chi connectivity index (χ1v) is 21.7. The van der Waals surface area contributed by atoms with Crippen LogP contribution in [0.5, 0.6) is 0 Å². The summed E-state index contributed by atoms with van der Waals surface area (Å²) in [7, 11) is 5.26. The largest absolute Gasteiger partial charge is 0.453 e. The van der Waals surface area contributed by atoms with E-state index in [0.717, 1.165) is 72.5 Å². The minimum atomic E-state index is -0.648. The molecule has 0 spiro atoms. The normalized spacial score (nSPS) is 20.5. The van der Waals surface area contributed by atoms with Gasteiger partial charge in [0.1, 0.15) is 12.1 Å². The molecule has 1 N–H and O–H groups in total. The lowest BCUT2D eigenvalue weighted by molar-refractivity contribution is -0.136. The molecule has 8 rings (SSSR count). The molecule has 0 unspecified atom stereocenters. The molecule has 2 aromatic heterocycles. The average Bonchev–Trinajstić information content (AvgIpc) is 4.06. The van der Waals surface area contributed by atoms with Gasteiger partial charge in [0.25, 0.3) is 0 Å². The summed E-state index contributed by atoms with van der Waals surface area (Å²) < 4.78 is 7.28. The van der Waals surface area contributed by atoms with Crippen molar-refractivity contribution in [3.63, 3.8) is 0 Å². The fourth-order valence-corrected chi connectivity index (χ4v) is 11.2. The Morgan fingerprint density at radius 3 is 2.14 bits per heavy atom. The number of allylic oxidation sites excluding steroid dienone is 2. The van der Waals surface area contributed by atoms with E-state index in [0.29, 0.717) is 13.0 Å². The van der Waals surface area contributed by atoms with Gasteiger partial charge in [0, 0.05) is 65.4 Å². The Labute approximate surface area is 342 Å². The second-order valence-electron chi connectivity index (χ2n) is 15.9. The zero-order valence-electron chi connectivity index (χ0n) is 33.2. The Balaban J connectivity index is 0.930. The quantitative estimate of drug-likeness (QED) is 0.163. The molecule has 0 bridgehead atoms. The van der Waals surface area contributed by atoms with Gasteiger partial charge in [-0.2, -0.15) is 0 Å². The maximum absolute atomic E-state index is 14.0. The van der Waals surface area contributed by atoms with E-state index in [1.54, 1.807) is 22.7 Å². The SMILES string of the molecule is COC(=O)N[C@H](C(=O)N1CCC[C@H]1C1=NC(c2csc3c(-c4ccc(C5=CN=C([C@@H]6CCCN6C(=O)[C@@H](c6ccccc6)N(C)C)C5)cc4)csc23)=CC1)C(C)C. The number of ether oxygens (including phenoxy) is 1. The van der Waals surface area contributed by atoms with Crippen molar-refractivity contribution < 1.29 is 19.1 Å². The van der Waals surface area contributed by atoms with E-state index >= 15 is 0 Å². The van der Waals surface area contributed by atoms with Crippen molar-refractivity contribution in [2.75, 3.05) is 34.3 Å². The van der Waals surface area contributed by atoms with E-state index in [1.165, 1.54) is 33.2 Å². The van der Waals surface area contributed by atoms with Crippen molar-refractivity contribution in [1.29, 1.82) is 0 Å². The van der Waals surface area contributed by atoms with Crippen LogP contribution in [0.25, 0.3) is 31.8 Å². The predicted octanol–water partition coefficient (Wildman–Crippen LogP) is 8.67. The van der Waals surface area contributed by atoms with E-state index in [-0.39, 0.29) is 35.9 Å². The number of aliphatic imine (C=N–C) groups is 2. The van der Waals surface area contributed by atoms with E-state index in [2.05, 4.69) is 51.3 Å². The summed E-state index contributed by atoms with van der Waals surface area (Å²) in [4.78, 5) is 55.7. The number of likely N-dealkylation sites (N-methyl/N-ethyl adjacent to an activating group) is 1. The summed E-state index contributed by atoms with van der Waals surface area (Å²) >= 11 is 3.50. The number of methoxy groups -OCH3 is 1. The first-order valence-electron chi connectivity index (χ1n) is 19.9. The zero-order valence-corrected chi connectivity index (χ0v) is 34.9. The molecule has 2 aromatic carbocycles. The molecule has 0 radical (unpaired) electrons. The highest BCUT2D eigenvalue weighted by Crippen LogP contribution is 2.44. The fourth-order valence-electron chi connectivity index (χ4n) is 8.80. The molecule has 6 heterocycles. The van der Waals surface area contributed by atoms with Crippen LogP contribution in [0.1, 0.15) is 75.1 Å². The molecular formula is C45H50N6O4S2. The van der Waals surface area contributed by atoms with Crippen LogP contribution in [0.15, 0.2) is 87.6 Å². The van der Waals surface area contributed by atoms with Crippen LogP contribution in [-0.2, 0) is 14.3 Å². The molecule has 296 valence electrons. The minimum Gasteiger partial charge on any atom is -0.453 e. The van der Waals surface area contributed by atoms with E-state index in [9.17, 15) is 14.4 Å². The number of alkyl carbamates (subject to hydrolysis) is 1. The molecule has 2 fully saturated rings. The van der Waals surface area contributed by atoms with Crippen LogP contribution < -0.4 is 5.32 Å². The number of likely N-dealkylation sites (tertiary alicyclic amines) is 2. The van der Waals surface area contributed by atoms with Crippen molar-refractivity contribution in [1.82, 2.24) is 20.0 Å². The number of carbonyl (C=O) groups is 3. The van der Waals surface area contributed by atoms with Gasteiger partial charge in [-0.05, 0) is 68.0 Å². The molecule has 4 atom stereocenters. The third kappa shape index (κ3) is 7.62. The number of thiophene rings is 2. The summed E-state index contributed by atoms with van der Waals surface area (Å²) in [5.41, 5.74) is 9.93. The number of amides is 3. The molecule has 4 aliphatic rings. The van der Waals surface area contributed by atoms with Crippen LogP contribution in [0, 0.1) is 5.92 Å². The minimum absolute atomic E-state index is 0.0198. The lowest BCUT2D eigenvalue weighted by atomic mass is 9.96. The molecule has 4 aliphatic heterocycles. The molecule has 57 heavy (non-hydrogen) atoms. The number of rotatable bonds is 11. The monoisotopic (exact) mass is 802 g/mol. The predicted molar refractivity (Wildman–Crippen MR) is 232 cm³/mol. The Kier molecular flexibility index (Phi) is 11.3. The third-order valence-corrected chi connectivity index (χ3v) is 13.9. The molecular weight excluding hydrogens is 753 g/mol. The van der Waals surface area contributed by atoms with Crippen molar-refractivity contribution in [3.8, 4) is 11.1 Å². The van der Waals surface area contributed by atoms with E-state index in [4.69, 9.17) is 14.7 Å². The first kappa shape index (κ1) is 38.9. The van der Waals surface area contributed by atoms with Crippen molar-refractivity contribution in [3.05, 3.63) is 94.3 Å². The van der Waals surface area contributed by atoms with Gasteiger partial charge in [0.05, 0.1) is 34.3 Å². The topological polar surface area (TPSA) is 107 Å². The number of carbonyl (C=O) groups excluding carboxylic acids is 3. The highest BCUT2D eigenvalue weighted by molar-refractivity contribution is 7.27. The van der Waals surface area contributed by atoms with Gasteiger partial charge in [-0.3, -0.25) is 24.5 Å². The fraction of sp³-hybridized carbons (Fsp3) is 0.400. The van der Waals surface area contributed by atoms with Crippen molar-refractivity contribution in [2.24, 2.45) is 15.9 Å². The lowest BCUT2D eigenvalue weighted by Crippen LogP contribution is -2.53. The zero-order chi connectivity index (χ0) is 39.8. The number of benzene rings is 2. The Morgan fingerprint density at radius 2 is 1.47 bits per heavy atom. The van der Waals surface area contributed by atoms with E-state index in [1.807, 2.05) is 74.3 Å². The Bertz CT molecular complexity index is 2290. The number of hydrogen-bond donors (Lipinski definition) is 1. The number of fused-ring (bicyclic) bond motifs is 1. The molecule has 10 nitrogen and oxygen atoms in total. The standard InChI is InChI=1S/C45H50N6O4S2/c1-27(2)39(48-45(54)55-5)43(52)50-21-9-13-37(50)35-20-19-34(47-35)33-26-57-41-32(25-56-42(33)41)29-17-15-28(16-18-29)31-23-36(46-24-31)38-14-10-22-51(38)44(53)40(49(3)4)30-11-7-6-8-12-30/h6-8,11-12,15-19,24-27,37-40H,9-10,13-14,20-23H2,1-5H3,(H,48,54)/t37-,38-,39-,40+/m0/s1. The van der Waals surface area contributed by atoms with Gasteiger partial charge in [-0.25, -0.2) is 4.79 Å². The third-order valence-electron chi connectivity index (χ3n) is 11.8. The maximum Gasteiger partial charge on any atom is 0.407 e. The number of nitrogens with zero attached hydrogens (tertiary/aromatic N) is 5. The van der Waals surface area contributed by atoms with Gasteiger partial charge in [0.15, 0.2) is 0 Å². The van der Waals surface area contributed by atoms with Gasteiger partial charge < -0.3 is 19.9 Å². The van der Waals surface area contributed by atoms with Crippen molar-refractivity contribution in [2.45, 2.75) is 76.5 Å². The van der Waals surface area contributed by atoms with Gasteiger partial charge in [-0.15, -0.1) is 22.7 Å². The van der Waals surface area contributed by atoms with Crippen LogP contribution >= 0.6 is 22.7 Å². The van der Waals surface area contributed by atoms with E-state index < -0.39 is 12.1 Å². The van der Waals surface area contributed by atoms with Crippen LogP contribution in [0.3, 0.4) is 0 Å². The smallest absolute Gasteiger partial charge is 0.407 e. The molecule has 3 amide bonds. The summed E-state index contributed by atoms with van der Waals surface area (Å²) in [6, 6.07) is 17.8. The molecule has 2 saturated heterocycles. The number of hydrogen-bond acceptors (Lipinski definition) is 9. The summed E-state index contributed by atoms with van der Waals surface area (Å²) in [5, 5.41) is 7.20. The maximum atomic E-state index is 14.0. The van der Waals surface area contributed by atoms with Crippen LogP contribution in [0.2, 0.25) is 0 Å². The molecule has 0 aliphatic carbocycles. The Morgan fingerprint density at radius 1 is 0.842 bits per heavy atom. The highest BCUT2D eigenvalue weighted by atomic mass is 32.1. The van der Waals surface area contributed by atoms with Gasteiger partial charge in [-0.1, -0.05) is 74.5 Å². The highest BCUT2D eigenvalue weighted by Gasteiger charge is 2.40. The second-order valence-corrected chi connectivity index (χ2v) is 17.7. The van der Waals surface area contributed by atoms with Gasteiger partial charge in [0.2, 0.25) is 11.8 Å². The summed E-state index contributed by atoms with van der Waals surface area (Å²) in [6.07, 6.45) is 8.73. The average molecular weight is 803 g/mol. The Hall–Kier alpha value is -4.91. The molecule has 4 aromatic rings. The van der Waals surface area contributed by atoms with Crippen LogP contribution in [-0.4, -0.2) is 96.5 Å². The van der Waals surface area contributed by atoms with Crippen molar-refractivity contribution >= 4 is 72.7 Å². The molecule has 0 saturated carbocycles. The van der Waals surface area contributed by atoms with Gasteiger partial charge >= 0.3 is 6.09 Å². The lowest BCUT2D eigenvalue weighted by Gasteiger charge is -2.32. The molecule has 12 heteroatoms. The first-order chi connectivity index (χ1) is 27.6. The second kappa shape index (κ2) is 16.5. The van der Waals surface area contributed by atoms with Crippen LogP contribution in [0.4, 0.5) is 4.79 Å². The summed E-state index contributed by atoms with van der Waals surface area (Å²) in [5.74, 6) is -0.0126. The summed E-state index contributed by atoms with van der Waals surface area (Å²) in [6.45, 7) is 5.27. The number of nitrogens with one attached hydrogen (secondary N) is 1.